The molecule has 2 heteroatoms. The van der Waals surface area contributed by atoms with Gasteiger partial charge in [0.15, 0.2) is 0 Å². The molecule has 86 heavy (non-hydrogen) atoms. The van der Waals surface area contributed by atoms with Gasteiger partial charge in [-0.2, -0.15) is 0 Å². The van der Waals surface area contributed by atoms with Crippen molar-refractivity contribution >= 4 is 71.2 Å². The molecule has 0 N–H and O–H groups in total. The van der Waals surface area contributed by atoms with Gasteiger partial charge in [-0.1, -0.05) is 273 Å². The molecular weight excluding hydrogens is 1040 g/mol. The lowest BCUT2D eigenvalue weighted by Gasteiger charge is -2.28. The van der Waals surface area contributed by atoms with Gasteiger partial charge in [0.05, 0.1) is 16.7 Å². The third-order valence-electron chi connectivity index (χ3n) is 17.4. The smallest absolute Gasteiger partial charge is 0.0541 e. The number of nitrogens with zero attached hydrogens (tertiary/aromatic N) is 2. The van der Waals surface area contributed by atoms with Crippen LogP contribution in [0.15, 0.2) is 340 Å². The summed E-state index contributed by atoms with van der Waals surface area (Å²) in [6.07, 6.45) is 0. The minimum absolute atomic E-state index is 1.07. The van der Waals surface area contributed by atoms with E-state index in [4.69, 9.17) is 0 Å². The van der Waals surface area contributed by atoms with Crippen molar-refractivity contribution in [3.63, 3.8) is 0 Å². The van der Waals surface area contributed by atoms with Crippen molar-refractivity contribution in [1.82, 2.24) is 4.57 Å². The molecule has 402 valence electrons. The predicted octanol–water partition coefficient (Wildman–Crippen LogP) is 23.4. The highest BCUT2D eigenvalue weighted by atomic mass is 15.1. The summed E-state index contributed by atoms with van der Waals surface area (Å²) >= 11 is 0. The fourth-order valence-electron chi connectivity index (χ4n) is 13.6. The molecule has 0 atom stereocenters. The summed E-state index contributed by atoms with van der Waals surface area (Å²) < 4.78 is 2.45. The first-order valence-corrected chi connectivity index (χ1v) is 29.7. The minimum atomic E-state index is 1.07. The van der Waals surface area contributed by atoms with E-state index in [1.54, 1.807) is 0 Å². The molecule has 0 unspecified atom stereocenters. The predicted molar refractivity (Wildman–Crippen MR) is 366 cm³/mol. The van der Waals surface area contributed by atoms with E-state index >= 15 is 0 Å². The fraction of sp³-hybridized carbons (Fsp3) is 0. The quantitative estimate of drug-likeness (QED) is 0.117. The van der Waals surface area contributed by atoms with E-state index in [9.17, 15) is 0 Å². The molecular formula is C84H56N2. The fourth-order valence-corrected chi connectivity index (χ4v) is 13.6. The molecule has 0 fully saturated rings. The Kier molecular flexibility index (Phi) is 12.6. The molecule has 16 aromatic rings. The topological polar surface area (TPSA) is 8.17 Å². The second kappa shape index (κ2) is 21.5. The van der Waals surface area contributed by atoms with E-state index in [2.05, 4.69) is 349 Å². The number of benzene rings is 15. The maximum atomic E-state index is 2.45. The van der Waals surface area contributed by atoms with Crippen LogP contribution >= 0.6 is 0 Å². The van der Waals surface area contributed by atoms with Gasteiger partial charge < -0.3 is 9.47 Å². The van der Waals surface area contributed by atoms with Gasteiger partial charge in [-0.25, -0.2) is 0 Å². The Morgan fingerprint density at radius 2 is 0.535 bits per heavy atom. The van der Waals surface area contributed by atoms with E-state index in [1.165, 1.54) is 121 Å². The summed E-state index contributed by atoms with van der Waals surface area (Å²) in [6.45, 7) is 0. The van der Waals surface area contributed by atoms with Gasteiger partial charge in [-0.15, -0.1) is 0 Å². The summed E-state index contributed by atoms with van der Waals surface area (Å²) in [6, 6.07) is 125. The second-order valence-electron chi connectivity index (χ2n) is 22.2. The summed E-state index contributed by atoms with van der Waals surface area (Å²) in [5.41, 5.74) is 23.6. The Balaban J connectivity index is 0.850. The Morgan fingerprint density at radius 1 is 0.198 bits per heavy atom. The summed E-state index contributed by atoms with van der Waals surface area (Å²) in [4.78, 5) is 2.43. The number of fused-ring (bicyclic) bond motifs is 6. The van der Waals surface area contributed by atoms with Gasteiger partial charge >= 0.3 is 0 Å². The van der Waals surface area contributed by atoms with Gasteiger partial charge in [-0.3, -0.25) is 0 Å². The van der Waals surface area contributed by atoms with Crippen molar-refractivity contribution < 1.29 is 0 Å². The second-order valence-corrected chi connectivity index (χ2v) is 22.2. The summed E-state index contributed by atoms with van der Waals surface area (Å²) in [7, 11) is 0. The molecule has 0 spiro atoms. The van der Waals surface area contributed by atoms with E-state index in [1.807, 2.05) is 0 Å². The Bertz CT molecular complexity index is 5000. The zero-order valence-corrected chi connectivity index (χ0v) is 47.2. The molecule has 0 radical (unpaired) electrons. The molecule has 0 saturated carbocycles. The summed E-state index contributed by atoms with van der Waals surface area (Å²) in [5, 5.41) is 9.68. The van der Waals surface area contributed by atoms with Gasteiger partial charge in [0, 0.05) is 33.2 Å². The van der Waals surface area contributed by atoms with Crippen LogP contribution in [0.3, 0.4) is 0 Å². The lowest BCUT2D eigenvalue weighted by Crippen LogP contribution is -2.10. The van der Waals surface area contributed by atoms with Crippen molar-refractivity contribution in [1.29, 1.82) is 0 Å². The highest BCUT2D eigenvalue weighted by Crippen LogP contribution is 2.50. The lowest BCUT2D eigenvalue weighted by molar-refractivity contribution is 1.17. The van der Waals surface area contributed by atoms with Crippen molar-refractivity contribution in [3.05, 3.63) is 340 Å². The maximum Gasteiger partial charge on any atom is 0.0541 e. The van der Waals surface area contributed by atoms with Gasteiger partial charge in [0.1, 0.15) is 0 Å². The van der Waals surface area contributed by atoms with Crippen LogP contribution in [-0.2, 0) is 0 Å². The zero-order valence-electron chi connectivity index (χ0n) is 47.2. The van der Waals surface area contributed by atoms with E-state index in [-0.39, 0.29) is 0 Å². The van der Waals surface area contributed by atoms with E-state index in [0.717, 1.165) is 33.8 Å². The van der Waals surface area contributed by atoms with Crippen molar-refractivity contribution in [2.75, 3.05) is 4.90 Å². The van der Waals surface area contributed by atoms with Crippen LogP contribution in [0.25, 0.3) is 138 Å². The van der Waals surface area contributed by atoms with Crippen LogP contribution in [0.4, 0.5) is 17.1 Å². The van der Waals surface area contributed by atoms with Crippen LogP contribution in [0, 0.1) is 0 Å². The molecule has 0 aliphatic heterocycles. The molecule has 0 bridgehead atoms. The molecule has 0 aliphatic rings. The molecule has 15 aromatic carbocycles. The van der Waals surface area contributed by atoms with Gasteiger partial charge in [0.25, 0.3) is 0 Å². The third kappa shape index (κ3) is 8.66. The average molecular weight is 1090 g/mol. The summed E-state index contributed by atoms with van der Waals surface area (Å²) in [5.74, 6) is 0. The first-order chi connectivity index (χ1) is 42.7. The minimum Gasteiger partial charge on any atom is -0.310 e. The van der Waals surface area contributed by atoms with Crippen LogP contribution in [0.2, 0.25) is 0 Å². The average Bonchev–Trinajstić information content (AvgIpc) is 1.84. The molecule has 16 rings (SSSR count). The molecule has 0 saturated heterocycles. The zero-order chi connectivity index (χ0) is 56.9. The van der Waals surface area contributed by atoms with Gasteiger partial charge in [0.2, 0.25) is 0 Å². The molecule has 2 nitrogen and oxygen atoms in total. The third-order valence-corrected chi connectivity index (χ3v) is 17.4. The van der Waals surface area contributed by atoms with Crippen LogP contribution < -0.4 is 4.90 Å². The standard InChI is InChI=1S/C84H56N2/c1-5-25-57(26-6-1)65-33-13-15-36-68(65)60-45-52-81-78(55-60)79-56-61(69-37-16-14-34-66(69)58-27-7-2-8-28-58)46-53-82(79)86(81)64-49-47-63(48-50-64)85(62-31-11-4-12-32-62)80-54-51-77(70-38-18-19-39-71(70)80)84-75-43-23-21-41-73(75)83(74-42-22-24-44-76(74)84)72-40-20-17-35-67(72)59-29-9-3-10-30-59/h1-56H. The highest BCUT2D eigenvalue weighted by Gasteiger charge is 2.24. The number of rotatable bonds is 11. The lowest BCUT2D eigenvalue weighted by atomic mass is 9.83. The first kappa shape index (κ1) is 50.4. The van der Waals surface area contributed by atoms with Crippen molar-refractivity contribution in [3.8, 4) is 83.6 Å². The number of hydrogen-bond acceptors (Lipinski definition) is 1. The van der Waals surface area contributed by atoms with Crippen LogP contribution in [0.1, 0.15) is 0 Å². The molecule has 1 heterocycles. The first-order valence-electron chi connectivity index (χ1n) is 29.7. The van der Waals surface area contributed by atoms with Crippen molar-refractivity contribution in [2.24, 2.45) is 0 Å². The molecule has 0 aliphatic carbocycles. The normalized spacial score (nSPS) is 11.5. The van der Waals surface area contributed by atoms with Gasteiger partial charge in [-0.05, 0) is 172 Å². The van der Waals surface area contributed by atoms with Crippen LogP contribution in [-0.4, -0.2) is 4.57 Å². The monoisotopic (exact) mass is 1090 g/mol. The van der Waals surface area contributed by atoms with Crippen molar-refractivity contribution in [2.45, 2.75) is 0 Å². The number of aromatic nitrogens is 1. The Labute approximate surface area is 501 Å². The van der Waals surface area contributed by atoms with Crippen LogP contribution in [0.5, 0.6) is 0 Å². The largest absolute Gasteiger partial charge is 0.310 e. The van der Waals surface area contributed by atoms with E-state index in [0.29, 0.717) is 0 Å². The number of anilines is 3. The highest BCUT2D eigenvalue weighted by molar-refractivity contribution is 6.25. The number of hydrogen-bond donors (Lipinski definition) is 0. The molecule has 1 aromatic heterocycles. The Morgan fingerprint density at radius 3 is 0.988 bits per heavy atom. The van der Waals surface area contributed by atoms with E-state index < -0.39 is 0 Å². The molecule has 0 amide bonds. The number of para-hydroxylation sites is 1. The Hall–Kier alpha value is -11.3. The SMILES string of the molecule is c1ccc(-c2ccccc2-c2ccc3c(c2)c2cc(-c4ccccc4-c4ccccc4)ccc2n3-c2ccc(N(c3ccccc3)c3ccc(-c4c5ccccc5c(-c5ccccc5-c5ccccc5)c5ccccc45)c4ccccc34)cc2)cc1. The maximum absolute atomic E-state index is 2.45.